The van der Waals surface area contributed by atoms with Gasteiger partial charge in [-0.05, 0) is 26.0 Å². The first kappa shape index (κ1) is 13.3. The molecule has 1 aromatic carbocycles. The summed E-state index contributed by atoms with van der Waals surface area (Å²) >= 11 is 0. The molecule has 0 fully saturated rings. The van der Waals surface area contributed by atoms with Crippen LogP contribution in [0.3, 0.4) is 0 Å². The molecule has 0 aliphatic heterocycles. The van der Waals surface area contributed by atoms with Gasteiger partial charge in [0, 0.05) is 19.7 Å². The summed E-state index contributed by atoms with van der Waals surface area (Å²) in [6.07, 6.45) is 0. The Morgan fingerprint density at radius 1 is 1.47 bits per heavy atom. The van der Waals surface area contributed by atoms with Gasteiger partial charge in [-0.3, -0.25) is 0 Å². The number of rotatable bonds is 5. The fourth-order valence-electron chi connectivity index (χ4n) is 1.75. The smallest absolute Gasteiger partial charge is 0.101 e. The molecular formula is C13H19N3O. The van der Waals surface area contributed by atoms with Gasteiger partial charge < -0.3 is 15.4 Å². The van der Waals surface area contributed by atoms with Crippen LogP contribution < -0.4 is 10.6 Å². The van der Waals surface area contributed by atoms with Crippen LogP contribution in [-0.4, -0.2) is 26.3 Å². The zero-order chi connectivity index (χ0) is 12.8. The van der Waals surface area contributed by atoms with Crippen molar-refractivity contribution in [3.8, 4) is 6.07 Å². The van der Waals surface area contributed by atoms with E-state index in [1.807, 2.05) is 12.1 Å². The van der Waals surface area contributed by atoms with E-state index in [4.69, 9.17) is 15.7 Å². The highest BCUT2D eigenvalue weighted by molar-refractivity contribution is 5.74. The normalized spacial score (nSPS) is 10.3. The number of nitriles is 1. The van der Waals surface area contributed by atoms with Gasteiger partial charge in [0.15, 0.2) is 0 Å². The molecule has 17 heavy (non-hydrogen) atoms. The third-order valence-corrected chi connectivity index (χ3v) is 2.67. The van der Waals surface area contributed by atoms with Crippen molar-refractivity contribution < 1.29 is 4.74 Å². The Hall–Kier alpha value is -1.73. The van der Waals surface area contributed by atoms with Crippen LogP contribution in [0.15, 0.2) is 18.2 Å². The molecule has 0 aliphatic carbocycles. The number of benzene rings is 1. The molecule has 0 spiro atoms. The van der Waals surface area contributed by atoms with Crippen LogP contribution in [0.25, 0.3) is 0 Å². The lowest BCUT2D eigenvalue weighted by Gasteiger charge is -2.30. The Morgan fingerprint density at radius 2 is 2.18 bits per heavy atom. The molecule has 0 heterocycles. The van der Waals surface area contributed by atoms with Crippen LogP contribution in [0.5, 0.6) is 0 Å². The van der Waals surface area contributed by atoms with Gasteiger partial charge >= 0.3 is 0 Å². The fraction of sp³-hybridized carbons (Fsp3) is 0.462. The van der Waals surface area contributed by atoms with Gasteiger partial charge in [-0.1, -0.05) is 6.07 Å². The summed E-state index contributed by atoms with van der Waals surface area (Å²) in [4.78, 5) is 2.14. The van der Waals surface area contributed by atoms with Crippen molar-refractivity contribution >= 4 is 11.4 Å². The van der Waals surface area contributed by atoms with Crippen molar-refractivity contribution in [2.24, 2.45) is 0 Å². The van der Waals surface area contributed by atoms with Crippen molar-refractivity contribution in [3.05, 3.63) is 23.8 Å². The SMILES string of the molecule is COCCN(c1cccc(C#N)c1N)C(C)C. The molecule has 0 saturated carbocycles. The number of nitrogens with two attached hydrogens (primary N) is 1. The topological polar surface area (TPSA) is 62.3 Å². The first-order chi connectivity index (χ1) is 8.11. The zero-order valence-electron chi connectivity index (χ0n) is 10.6. The molecule has 1 aromatic rings. The maximum absolute atomic E-state index is 8.97. The van der Waals surface area contributed by atoms with E-state index in [0.29, 0.717) is 23.9 Å². The van der Waals surface area contributed by atoms with Crippen molar-refractivity contribution in [2.45, 2.75) is 19.9 Å². The highest BCUT2D eigenvalue weighted by atomic mass is 16.5. The van der Waals surface area contributed by atoms with Gasteiger partial charge in [-0.15, -0.1) is 0 Å². The second kappa shape index (κ2) is 6.12. The van der Waals surface area contributed by atoms with Gasteiger partial charge in [0.25, 0.3) is 0 Å². The highest BCUT2D eigenvalue weighted by Gasteiger charge is 2.14. The summed E-state index contributed by atoms with van der Waals surface area (Å²) in [5.74, 6) is 0. The molecule has 0 bridgehead atoms. The highest BCUT2D eigenvalue weighted by Crippen LogP contribution is 2.27. The van der Waals surface area contributed by atoms with Gasteiger partial charge in [0.05, 0.1) is 23.5 Å². The van der Waals surface area contributed by atoms with Gasteiger partial charge in [-0.2, -0.15) is 5.26 Å². The maximum Gasteiger partial charge on any atom is 0.101 e. The van der Waals surface area contributed by atoms with Crippen LogP contribution in [-0.2, 0) is 4.74 Å². The number of para-hydroxylation sites is 1. The second-order valence-corrected chi connectivity index (χ2v) is 4.13. The van der Waals surface area contributed by atoms with Crippen LogP contribution in [0.1, 0.15) is 19.4 Å². The fourth-order valence-corrected chi connectivity index (χ4v) is 1.75. The van der Waals surface area contributed by atoms with Crippen LogP contribution in [0.4, 0.5) is 11.4 Å². The van der Waals surface area contributed by atoms with E-state index >= 15 is 0 Å². The number of ether oxygens (including phenoxy) is 1. The summed E-state index contributed by atoms with van der Waals surface area (Å²) < 4.78 is 5.09. The maximum atomic E-state index is 8.97. The van der Waals surface area contributed by atoms with Crippen LogP contribution in [0.2, 0.25) is 0 Å². The van der Waals surface area contributed by atoms with E-state index in [0.717, 1.165) is 12.2 Å². The predicted molar refractivity (Wildman–Crippen MR) is 69.9 cm³/mol. The lowest BCUT2D eigenvalue weighted by molar-refractivity contribution is 0.204. The average Bonchev–Trinajstić information content (AvgIpc) is 2.31. The predicted octanol–water partition coefficient (Wildman–Crippen LogP) is 2.00. The Bertz CT molecular complexity index is 410. The Morgan fingerprint density at radius 3 is 2.71 bits per heavy atom. The molecule has 0 aliphatic rings. The van der Waals surface area contributed by atoms with E-state index in [1.165, 1.54) is 0 Å². The van der Waals surface area contributed by atoms with E-state index in [9.17, 15) is 0 Å². The third-order valence-electron chi connectivity index (χ3n) is 2.67. The minimum absolute atomic E-state index is 0.307. The minimum atomic E-state index is 0.307. The number of nitrogens with zero attached hydrogens (tertiary/aromatic N) is 2. The van der Waals surface area contributed by atoms with Crippen molar-refractivity contribution in [1.82, 2.24) is 0 Å². The van der Waals surface area contributed by atoms with E-state index in [1.54, 1.807) is 13.2 Å². The first-order valence-electron chi connectivity index (χ1n) is 5.66. The van der Waals surface area contributed by atoms with Gasteiger partial charge in [-0.25, -0.2) is 0 Å². The number of nitrogen functional groups attached to an aromatic ring is 1. The molecular weight excluding hydrogens is 214 g/mol. The van der Waals surface area contributed by atoms with Crippen molar-refractivity contribution in [2.75, 3.05) is 30.9 Å². The summed E-state index contributed by atoms with van der Waals surface area (Å²) in [7, 11) is 1.67. The molecule has 4 nitrogen and oxygen atoms in total. The average molecular weight is 233 g/mol. The quantitative estimate of drug-likeness (QED) is 0.790. The molecule has 0 atom stereocenters. The van der Waals surface area contributed by atoms with E-state index in [-0.39, 0.29) is 0 Å². The summed E-state index contributed by atoms with van der Waals surface area (Å²) in [5.41, 5.74) is 7.96. The molecule has 0 radical (unpaired) electrons. The van der Waals surface area contributed by atoms with Gasteiger partial charge in [0.1, 0.15) is 6.07 Å². The molecule has 2 N–H and O–H groups in total. The molecule has 4 heteroatoms. The Balaban J connectivity index is 3.06. The molecule has 1 rings (SSSR count). The first-order valence-corrected chi connectivity index (χ1v) is 5.66. The number of hydrogen-bond donors (Lipinski definition) is 1. The number of anilines is 2. The second-order valence-electron chi connectivity index (χ2n) is 4.13. The zero-order valence-corrected chi connectivity index (χ0v) is 10.6. The van der Waals surface area contributed by atoms with Crippen molar-refractivity contribution in [3.63, 3.8) is 0 Å². The monoisotopic (exact) mass is 233 g/mol. The van der Waals surface area contributed by atoms with E-state index < -0.39 is 0 Å². The molecule has 0 unspecified atom stereocenters. The summed E-state index contributed by atoms with van der Waals surface area (Å²) in [5, 5.41) is 8.97. The lowest BCUT2D eigenvalue weighted by atomic mass is 10.1. The minimum Gasteiger partial charge on any atom is -0.396 e. The number of methoxy groups -OCH3 is 1. The standard InChI is InChI=1S/C13H19N3O/c1-10(2)16(7-8-17-3)12-6-4-5-11(9-14)13(12)15/h4-6,10H,7-8,15H2,1-3H3. The van der Waals surface area contributed by atoms with Crippen LogP contribution in [0, 0.1) is 11.3 Å². The Kier molecular flexibility index (Phi) is 4.80. The van der Waals surface area contributed by atoms with E-state index in [2.05, 4.69) is 24.8 Å². The van der Waals surface area contributed by atoms with Gasteiger partial charge in [0.2, 0.25) is 0 Å². The lowest BCUT2D eigenvalue weighted by Crippen LogP contribution is -2.34. The Labute approximate surface area is 103 Å². The molecule has 0 amide bonds. The molecule has 92 valence electrons. The molecule has 0 aromatic heterocycles. The van der Waals surface area contributed by atoms with Crippen LogP contribution >= 0.6 is 0 Å². The summed E-state index contributed by atoms with van der Waals surface area (Å²) in [6, 6.07) is 7.93. The third kappa shape index (κ3) is 3.11. The molecule has 0 saturated heterocycles. The largest absolute Gasteiger partial charge is 0.396 e. The number of hydrogen-bond acceptors (Lipinski definition) is 4. The van der Waals surface area contributed by atoms with Crippen molar-refractivity contribution in [1.29, 1.82) is 5.26 Å². The summed E-state index contributed by atoms with van der Waals surface area (Å²) in [6.45, 7) is 5.57.